The monoisotopic (exact) mass is 194 g/mol. The Kier molecular flexibility index (Phi) is 5.07. The average molecular weight is 194 g/mol. The van der Waals surface area contributed by atoms with Crippen LogP contribution in [0.5, 0.6) is 0 Å². The van der Waals surface area contributed by atoms with Gasteiger partial charge in [0.2, 0.25) is 0 Å². The Bertz CT molecular complexity index is 345. The minimum atomic E-state index is -0.428. The molecule has 0 N–H and O–H groups in total. The van der Waals surface area contributed by atoms with Crippen molar-refractivity contribution in [2.24, 2.45) is 7.05 Å². The third-order valence-corrected chi connectivity index (χ3v) is 1.90. The molecule has 0 unspecified atom stereocenters. The van der Waals surface area contributed by atoms with Gasteiger partial charge in [0.1, 0.15) is 0 Å². The van der Waals surface area contributed by atoms with Crippen LogP contribution in [0.3, 0.4) is 0 Å². The molecule has 0 aliphatic carbocycles. The van der Waals surface area contributed by atoms with Crippen LogP contribution in [0.25, 0.3) is 0 Å². The van der Waals surface area contributed by atoms with Crippen molar-refractivity contribution in [3.63, 3.8) is 0 Å². The standard InChI is InChI=1S/C7H10N2O2S.Li.H/c1-3-11-7(10)9-5-4-8(2)6(9)12;;/h4-5H,3H2,1-2H3;;. The molecule has 1 aromatic rings. The number of ether oxygens (including phenoxy) is 1. The van der Waals surface area contributed by atoms with Gasteiger partial charge in [0, 0.05) is 19.4 Å². The van der Waals surface area contributed by atoms with Crippen LogP contribution < -0.4 is 0 Å². The number of hydrogen-bond donors (Lipinski definition) is 0. The zero-order valence-electron chi connectivity index (χ0n) is 6.98. The van der Waals surface area contributed by atoms with Crippen LogP contribution in [0.2, 0.25) is 0 Å². The van der Waals surface area contributed by atoms with E-state index in [1.165, 1.54) is 4.57 Å². The van der Waals surface area contributed by atoms with Gasteiger partial charge < -0.3 is 9.30 Å². The van der Waals surface area contributed by atoms with Gasteiger partial charge >= 0.3 is 25.0 Å². The molecule has 4 nitrogen and oxygen atoms in total. The predicted molar refractivity (Wildman–Crippen MR) is 53.8 cm³/mol. The van der Waals surface area contributed by atoms with E-state index >= 15 is 0 Å². The number of carbonyl (C=O) groups excluding carboxylic acids is 1. The molecule has 1 aromatic heterocycles. The first-order valence-corrected chi connectivity index (χ1v) is 3.98. The van der Waals surface area contributed by atoms with Crippen LogP contribution in [0.15, 0.2) is 12.4 Å². The van der Waals surface area contributed by atoms with Crippen molar-refractivity contribution in [1.82, 2.24) is 9.13 Å². The fourth-order valence-corrected chi connectivity index (χ4v) is 0.992. The maximum atomic E-state index is 11.1. The first-order valence-electron chi connectivity index (χ1n) is 3.58. The van der Waals surface area contributed by atoms with Gasteiger partial charge in [-0.1, -0.05) is 0 Å². The summed E-state index contributed by atoms with van der Waals surface area (Å²) in [5.74, 6) is 0. The molecular weight excluding hydrogens is 183 g/mol. The van der Waals surface area contributed by atoms with Crippen molar-refractivity contribution >= 4 is 37.2 Å². The summed E-state index contributed by atoms with van der Waals surface area (Å²) in [6, 6.07) is 0. The van der Waals surface area contributed by atoms with E-state index in [1.807, 2.05) is 0 Å². The molecule has 0 aliphatic heterocycles. The van der Waals surface area contributed by atoms with Crippen LogP contribution in [0.1, 0.15) is 6.92 Å². The molecule has 1 heterocycles. The maximum absolute atomic E-state index is 11.1. The Morgan fingerprint density at radius 2 is 2.23 bits per heavy atom. The Morgan fingerprint density at radius 3 is 2.62 bits per heavy atom. The number of hydrogen-bond acceptors (Lipinski definition) is 3. The van der Waals surface area contributed by atoms with Crippen LogP contribution in [0, 0.1) is 4.77 Å². The van der Waals surface area contributed by atoms with Gasteiger partial charge in [0.25, 0.3) is 0 Å². The predicted octanol–water partition coefficient (Wildman–Crippen LogP) is 0.912. The Balaban J connectivity index is 0.00000144. The summed E-state index contributed by atoms with van der Waals surface area (Å²) in [6.07, 6.45) is 2.86. The van der Waals surface area contributed by atoms with Gasteiger partial charge in [-0.3, -0.25) is 0 Å². The minimum absolute atomic E-state index is 0. The average Bonchev–Trinajstić information content (AvgIpc) is 2.34. The van der Waals surface area contributed by atoms with Crippen molar-refractivity contribution in [3.8, 4) is 0 Å². The third kappa shape index (κ3) is 2.73. The second kappa shape index (κ2) is 5.28. The topological polar surface area (TPSA) is 36.2 Å². The summed E-state index contributed by atoms with van der Waals surface area (Å²) in [7, 11) is 1.78. The SMILES string of the molecule is CCOC(=O)n1ccn(C)c1=S.[LiH]. The molecule has 0 atom stereocenters. The Hall–Kier alpha value is -0.503. The first kappa shape index (κ1) is 12.5. The molecule has 0 aliphatic rings. The fraction of sp³-hybridized carbons (Fsp3) is 0.429. The van der Waals surface area contributed by atoms with Crippen molar-refractivity contribution < 1.29 is 9.53 Å². The van der Waals surface area contributed by atoms with Crippen LogP contribution >= 0.6 is 12.2 Å². The van der Waals surface area contributed by atoms with Crippen molar-refractivity contribution in [2.75, 3.05) is 6.61 Å². The van der Waals surface area contributed by atoms with Crippen LogP contribution in [0.4, 0.5) is 4.79 Å². The summed E-state index contributed by atoms with van der Waals surface area (Å²) in [4.78, 5) is 11.1. The summed E-state index contributed by atoms with van der Waals surface area (Å²) >= 11 is 4.94. The van der Waals surface area contributed by atoms with Gasteiger partial charge in [0.05, 0.1) is 6.61 Å². The summed E-state index contributed by atoms with van der Waals surface area (Å²) in [5, 5.41) is 0. The number of aryl methyl sites for hydroxylation is 1. The Morgan fingerprint density at radius 1 is 1.62 bits per heavy atom. The zero-order chi connectivity index (χ0) is 9.14. The molecular formula is C7H11LiN2O2S. The summed E-state index contributed by atoms with van der Waals surface area (Å²) in [6.45, 7) is 2.11. The number of nitrogens with zero attached hydrogens (tertiary/aromatic N) is 2. The molecule has 13 heavy (non-hydrogen) atoms. The molecule has 1 rings (SSSR count). The molecule has 0 amide bonds. The third-order valence-electron chi connectivity index (χ3n) is 1.41. The molecule has 0 radical (unpaired) electrons. The van der Waals surface area contributed by atoms with E-state index in [2.05, 4.69) is 0 Å². The van der Waals surface area contributed by atoms with E-state index in [0.717, 1.165) is 0 Å². The van der Waals surface area contributed by atoms with E-state index < -0.39 is 6.09 Å². The Labute approximate surface area is 93.7 Å². The first-order chi connectivity index (χ1) is 5.66. The molecule has 0 saturated heterocycles. The second-order valence-electron chi connectivity index (χ2n) is 2.26. The number of carbonyl (C=O) groups is 1. The molecule has 0 fully saturated rings. The van der Waals surface area contributed by atoms with E-state index in [4.69, 9.17) is 17.0 Å². The van der Waals surface area contributed by atoms with E-state index in [0.29, 0.717) is 11.4 Å². The number of rotatable bonds is 1. The van der Waals surface area contributed by atoms with Gasteiger partial charge in [0.15, 0.2) is 4.77 Å². The molecule has 0 spiro atoms. The fourth-order valence-electron chi connectivity index (χ4n) is 0.796. The molecule has 0 aromatic carbocycles. The normalized spacial score (nSPS) is 9.08. The van der Waals surface area contributed by atoms with Crippen LogP contribution in [-0.4, -0.2) is 40.7 Å². The van der Waals surface area contributed by atoms with Gasteiger partial charge in [-0.25, -0.2) is 9.36 Å². The van der Waals surface area contributed by atoms with Crippen molar-refractivity contribution in [2.45, 2.75) is 6.92 Å². The van der Waals surface area contributed by atoms with E-state index in [9.17, 15) is 4.79 Å². The summed E-state index contributed by atoms with van der Waals surface area (Å²) < 4.78 is 8.17. The van der Waals surface area contributed by atoms with Crippen LogP contribution in [-0.2, 0) is 11.8 Å². The molecule has 68 valence electrons. The zero-order valence-corrected chi connectivity index (χ0v) is 7.80. The van der Waals surface area contributed by atoms with Gasteiger partial charge in [-0.05, 0) is 19.1 Å². The van der Waals surface area contributed by atoms with Crippen molar-refractivity contribution in [3.05, 3.63) is 17.2 Å². The van der Waals surface area contributed by atoms with Crippen molar-refractivity contribution in [1.29, 1.82) is 0 Å². The van der Waals surface area contributed by atoms with Gasteiger partial charge in [-0.2, -0.15) is 0 Å². The van der Waals surface area contributed by atoms with E-state index in [-0.39, 0.29) is 18.9 Å². The molecule has 6 heteroatoms. The number of imidazole rings is 1. The second-order valence-corrected chi connectivity index (χ2v) is 2.63. The molecule has 0 bridgehead atoms. The quantitative estimate of drug-likeness (QED) is 0.492. The molecule has 0 saturated carbocycles. The van der Waals surface area contributed by atoms with Gasteiger partial charge in [-0.15, -0.1) is 0 Å². The van der Waals surface area contributed by atoms with E-state index in [1.54, 1.807) is 30.9 Å². The summed E-state index contributed by atoms with van der Waals surface area (Å²) in [5.41, 5.74) is 0. The number of aromatic nitrogens is 2.